The van der Waals surface area contributed by atoms with Crippen molar-refractivity contribution in [3.63, 3.8) is 0 Å². The molecule has 2 aromatic carbocycles. The zero-order valence-corrected chi connectivity index (χ0v) is 39.3. The fourth-order valence-corrected chi connectivity index (χ4v) is 12.4. The molecule has 0 aliphatic heterocycles. The second-order valence-corrected chi connectivity index (χ2v) is 20.7. The predicted octanol–water partition coefficient (Wildman–Crippen LogP) is 16.4. The number of carbonyl (C=O) groups is 1. The Morgan fingerprint density at radius 2 is 1.48 bits per heavy atom. The summed E-state index contributed by atoms with van der Waals surface area (Å²) in [6.07, 6.45) is 27.2. The van der Waals surface area contributed by atoms with Gasteiger partial charge in [-0.2, -0.15) is 9.50 Å². The van der Waals surface area contributed by atoms with Crippen LogP contribution in [0.15, 0.2) is 58.3 Å². The molecule has 0 aromatic heterocycles. The molecule has 0 bridgehead atoms. The number of hydrogen-bond donors (Lipinski definition) is 0. The average molecular weight is 859 g/mol. The highest BCUT2D eigenvalue weighted by molar-refractivity contribution is 5.69. The number of unbranched alkanes of at least 4 members (excludes halogenated alkanes) is 8. The highest BCUT2D eigenvalue weighted by atomic mass is 19.2. The summed E-state index contributed by atoms with van der Waals surface area (Å²) in [5.74, 6) is 3.27. The summed E-state index contributed by atoms with van der Waals surface area (Å²) in [6.45, 7) is 15.6. The van der Waals surface area contributed by atoms with Gasteiger partial charge in [0.2, 0.25) is 5.82 Å². The van der Waals surface area contributed by atoms with Crippen LogP contribution in [0.4, 0.5) is 20.2 Å². The van der Waals surface area contributed by atoms with E-state index in [1.54, 1.807) is 29.8 Å². The zero-order chi connectivity index (χ0) is 44.1. The maximum absolute atomic E-state index is 14.8. The Labute approximate surface area is 373 Å². The minimum atomic E-state index is -1.09. The van der Waals surface area contributed by atoms with Gasteiger partial charge in [0.1, 0.15) is 17.5 Å². The summed E-state index contributed by atoms with van der Waals surface area (Å²) in [5.41, 5.74) is 2.62. The quantitative estimate of drug-likeness (QED) is 0.0456. The van der Waals surface area contributed by atoms with E-state index in [1.807, 2.05) is 0 Å². The molecule has 0 amide bonds. The molecular weight excluding hydrogens is 779 g/mol. The summed E-state index contributed by atoms with van der Waals surface area (Å²) >= 11 is 0. The maximum Gasteiger partial charge on any atom is 0.306 e. The molecular formula is C54H80F2N2O4. The third-order valence-electron chi connectivity index (χ3n) is 16.0. The molecule has 8 atom stereocenters. The molecule has 6 rings (SSSR count). The van der Waals surface area contributed by atoms with E-state index in [0.717, 1.165) is 92.6 Å². The van der Waals surface area contributed by atoms with E-state index >= 15 is 0 Å². The molecule has 344 valence electrons. The SMILES string of the molecule is CCCCCCCCOc1ccc(N=Nc2ccc(OCCCCCCC(=O)O[C@H]3CC[C@@]4(C)C(=CC[C@H]5[C@@H]6CC[C@H]([C@H](C)CCCC(C)C)[C@@]6(C)CC[C@@H]54)C3)c(F)c2F)cc1. The van der Waals surface area contributed by atoms with E-state index in [4.69, 9.17) is 14.2 Å². The highest BCUT2D eigenvalue weighted by Gasteiger charge is 2.59. The van der Waals surface area contributed by atoms with Crippen molar-refractivity contribution < 1.29 is 27.8 Å². The van der Waals surface area contributed by atoms with Crippen LogP contribution in [-0.2, 0) is 9.53 Å². The van der Waals surface area contributed by atoms with Crippen molar-refractivity contribution >= 4 is 17.3 Å². The molecule has 8 heteroatoms. The summed E-state index contributed by atoms with van der Waals surface area (Å²) in [5, 5.41) is 8.02. The van der Waals surface area contributed by atoms with Gasteiger partial charge < -0.3 is 14.2 Å². The Hall–Kier alpha value is -3.29. The van der Waals surface area contributed by atoms with Gasteiger partial charge in [0, 0.05) is 12.8 Å². The minimum absolute atomic E-state index is 0.0163. The zero-order valence-electron chi connectivity index (χ0n) is 39.3. The van der Waals surface area contributed by atoms with Gasteiger partial charge in [-0.15, -0.1) is 5.11 Å². The lowest BCUT2D eigenvalue weighted by Gasteiger charge is -2.58. The van der Waals surface area contributed by atoms with Crippen LogP contribution in [0, 0.1) is 58.0 Å². The number of hydrogen-bond acceptors (Lipinski definition) is 6. The first-order chi connectivity index (χ1) is 29.9. The van der Waals surface area contributed by atoms with E-state index in [9.17, 15) is 13.6 Å². The average Bonchev–Trinajstić information content (AvgIpc) is 3.62. The number of ether oxygens (including phenoxy) is 3. The monoisotopic (exact) mass is 859 g/mol. The molecule has 4 aliphatic carbocycles. The molecule has 0 radical (unpaired) electrons. The van der Waals surface area contributed by atoms with Gasteiger partial charge in [-0.25, -0.2) is 4.39 Å². The number of rotatable bonds is 24. The molecule has 4 aliphatic rings. The fraction of sp³-hybridized carbons (Fsp3) is 0.722. The summed E-state index contributed by atoms with van der Waals surface area (Å²) in [6, 6.07) is 9.87. The Balaban J connectivity index is 0.857. The number of fused-ring (bicyclic) bond motifs is 5. The second-order valence-electron chi connectivity index (χ2n) is 20.7. The van der Waals surface area contributed by atoms with Crippen LogP contribution in [0.3, 0.4) is 0 Å². The Bertz CT molecular complexity index is 1780. The predicted molar refractivity (Wildman–Crippen MR) is 247 cm³/mol. The highest BCUT2D eigenvalue weighted by Crippen LogP contribution is 2.67. The number of esters is 1. The molecule has 0 saturated heterocycles. The largest absolute Gasteiger partial charge is 0.494 e. The van der Waals surface area contributed by atoms with Crippen molar-refractivity contribution in [2.45, 2.75) is 189 Å². The van der Waals surface area contributed by atoms with Crippen LogP contribution < -0.4 is 9.47 Å². The lowest BCUT2D eigenvalue weighted by molar-refractivity contribution is -0.151. The van der Waals surface area contributed by atoms with Gasteiger partial charge in [0.25, 0.3) is 0 Å². The van der Waals surface area contributed by atoms with Gasteiger partial charge >= 0.3 is 5.97 Å². The Kier molecular flexibility index (Phi) is 17.9. The summed E-state index contributed by atoms with van der Waals surface area (Å²) in [7, 11) is 0. The van der Waals surface area contributed by atoms with E-state index < -0.39 is 11.6 Å². The van der Waals surface area contributed by atoms with Gasteiger partial charge in [0.15, 0.2) is 11.6 Å². The fourth-order valence-electron chi connectivity index (χ4n) is 12.4. The first kappa shape index (κ1) is 48.2. The molecule has 0 heterocycles. The second kappa shape index (κ2) is 23.1. The minimum Gasteiger partial charge on any atom is -0.494 e. The molecule has 62 heavy (non-hydrogen) atoms. The number of carbonyl (C=O) groups excluding carboxylic acids is 1. The van der Waals surface area contributed by atoms with Crippen LogP contribution >= 0.6 is 0 Å². The van der Waals surface area contributed by atoms with Crippen LogP contribution in [0.2, 0.25) is 0 Å². The molecule has 3 fully saturated rings. The molecule has 2 aromatic rings. The third kappa shape index (κ3) is 12.3. The molecule has 6 nitrogen and oxygen atoms in total. The number of allylic oxidation sites excluding steroid dienone is 1. The lowest BCUT2D eigenvalue weighted by Crippen LogP contribution is -2.51. The van der Waals surface area contributed by atoms with Crippen molar-refractivity contribution in [1.82, 2.24) is 0 Å². The van der Waals surface area contributed by atoms with Gasteiger partial charge in [-0.05, 0) is 147 Å². The van der Waals surface area contributed by atoms with Crippen molar-refractivity contribution in [3.8, 4) is 11.5 Å². The molecule has 3 saturated carbocycles. The third-order valence-corrected chi connectivity index (χ3v) is 16.0. The topological polar surface area (TPSA) is 69.5 Å². The molecule has 0 spiro atoms. The lowest BCUT2D eigenvalue weighted by atomic mass is 9.47. The Morgan fingerprint density at radius 1 is 0.758 bits per heavy atom. The molecule has 0 N–H and O–H groups in total. The van der Waals surface area contributed by atoms with Gasteiger partial charge in [-0.3, -0.25) is 4.79 Å². The smallest absolute Gasteiger partial charge is 0.306 e. The number of benzene rings is 2. The standard InChI is InChI=1S/C54H80F2N2O4/c1-7-8-9-10-12-15-35-60-42-24-22-41(23-25-42)57-58-48-29-30-49(52(56)51(48)55)61-36-16-13-11-14-20-50(59)62-43-31-33-53(5)40(37-43)21-26-44-46-28-27-45(39(4)19-17-18-38(2)3)54(46,6)34-32-47(44)53/h21-25,29-30,38-39,43-47H,7-20,26-28,31-37H2,1-6H3/t39-,43+,44+,45-,46+,47+,53+,54-/m1/s1. The van der Waals surface area contributed by atoms with Crippen LogP contribution in [0.1, 0.15) is 183 Å². The number of azo groups is 1. The number of nitrogens with zero attached hydrogens (tertiary/aromatic N) is 2. The van der Waals surface area contributed by atoms with Crippen LogP contribution in [-0.4, -0.2) is 25.3 Å². The summed E-state index contributed by atoms with van der Waals surface area (Å²) in [4.78, 5) is 12.9. The van der Waals surface area contributed by atoms with Gasteiger partial charge in [-0.1, -0.05) is 117 Å². The van der Waals surface area contributed by atoms with Gasteiger partial charge in [0.05, 0.1) is 18.9 Å². The van der Waals surface area contributed by atoms with E-state index in [2.05, 4.69) is 57.8 Å². The first-order valence-corrected chi connectivity index (χ1v) is 25.1. The molecule has 0 unspecified atom stereocenters. The summed E-state index contributed by atoms with van der Waals surface area (Å²) < 4.78 is 47.2. The normalized spacial score (nSPS) is 27.4. The van der Waals surface area contributed by atoms with Crippen molar-refractivity contribution in [2.75, 3.05) is 13.2 Å². The van der Waals surface area contributed by atoms with E-state index in [-0.39, 0.29) is 35.5 Å². The van der Waals surface area contributed by atoms with Crippen molar-refractivity contribution in [2.24, 2.45) is 56.6 Å². The van der Waals surface area contributed by atoms with Crippen LogP contribution in [0.5, 0.6) is 11.5 Å². The van der Waals surface area contributed by atoms with Crippen molar-refractivity contribution in [1.29, 1.82) is 0 Å². The Morgan fingerprint density at radius 3 is 2.24 bits per heavy atom. The van der Waals surface area contributed by atoms with E-state index in [1.165, 1.54) is 89.2 Å². The first-order valence-electron chi connectivity index (χ1n) is 25.1. The maximum atomic E-state index is 14.8. The van der Waals surface area contributed by atoms with Crippen LogP contribution in [0.25, 0.3) is 0 Å². The van der Waals surface area contributed by atoms with Crippen molar-refractivity contribution in [3.05, 3.63) is 59.7 Å². The number of halogens is 2. The van der Waals surface area contributed by atoms with E-state index in [0.29, 0.717) is 30.6 Å².